The van der Waals surface area contributed by atoms with E-state index in [1.807, 2.05) is 42.7 Å². The van der Waals surface area contributed by atoms with Crippen molar-refractivity contribution in [3.8, 4) is 46.0 Å². The SMILES string of the molecule is CCc1ccc(-n2c3ccccc3c3ccc(Oc4cc(Oc5ccc6c7ccccc7n(-c7ccc(CC)cn7)c6c5)cc(-c5ncncn5)c4)cc32)nc1. The van der Waals surface area contributed by atoms with Crippen molar-refractivity contribution in [2.45, 2.75) is 26.7 Å². The highest BCUT2D eigenvalue weighted by Crippen LogP contribution is 2.39. The molecule has 0 aliphatic rings. The largest absolute Gasteiger partial charge is 0.457 e. The van der Waals surface area contributed by atoms with E-state index in [2.05, 4.69) is 135 Å². The van der Waals surface area contributed by atoms with E-state index in [1.165, 1.54) is 23.8 Å². The standard InChI is InChI=1S/C47H35N7O2/c1-3-30-13-19-45(49-26-30)53-41-11-7-5-9-37(41)39-17-15-33(24-43(39)53)55-35-21-32(47-51-28-48-29-52-47)22-36(23-35)56-34-16-18-40-38-10-6-8-12-42(38)54(44(40)25-34)46-20-14-31(4-2)27-50-46/h5-29H,3-4H2,1-2H3. The Morgan fingerprint density at radius 1 is 0.446 bits per heavy atom. The topological polar surface area (TPSA) is 92.8 Å². The lowest BCUT2D eigenvalue weighted by Gasteiger charge is -2.13. The molecule has 0 unspecified atom stereocenters. The van der Waals surface area contributed by atoms with Crippen molar-refractivity contribution in [2.24, 2.45) is 0 Å². The number of hydrogen-bond acceptors (Lipinski definition) is 7. The van der Waals surface area contributed by atoms with Crippen LogP contribution in [0.4, 0.5) is 0 Å². The summed E-state index contributed by atoms with van der Waals surface area (Å²) >= 11 is 0. The minimum absolute atomic E-state index is 0.504. The molecule has 0 saturated heterocycles. The molecule has 0 amide bonds. The second-order valence-corrected chi connectivity index (χ2v) is 13.7. The van der Waals surface area contributed by atoms with Gasteiger partial charge in [-0.3, -0.25) is 9.13 Å². The number of fused-ring (bicyclic) bond motifs is 6. The summed E-state index contributed by atoms with van der Waals surface area (Å²) < 4.78 is 17.7. The number of pyridine rings is 2. The van der Waals surface area contributed by atoms with Crippen molar-refractivity contribution in [3.05, 3.63) is 164 Å². The lowest BCUT2D eigenvalue weighted by atomic mass is 10.1. The number of aromatic nitrogens is 7. The number of para-hydroxylation sites is 2. The molecule has 10 rings (SSSR count). The molecule has 9 heteroatoms. The van der Waals surface area contributed by atoms with Crippen LogP contribution in [0.25, 0.3) is 66.6 Å². The summed E-state index contributed by atoms with van der Waals surface area (Å²) in [6.07, 6.45) is 8.72. The second-order valence-electron chi connectivity index (χ2n) is 13.7. The molecule has 10 aromatic rings. The molecule has 0 radical (unpaired) electrons. The van der Waals surface area contributed by atoms with Gasteiger partial charge in [-0.25, -0.2) is 24.9 Å². The van der Waals surface area contributed by atoms with Gasteiger partial charge < -0.3 is 9.47 Å². The molecule has 5 aromatic carbocycles. The van der Waals surface area contributed by atoms with Gasteiger partial charge >= 0.3 is 0 Å². The lowest BCUT2D eigenvalue weighted by Crippen LogP contribution is -1.98. The third-order valence-corrected chi connectivity index (χ3v) is 10.3. The smallest absolute Gasteiger partial charge is 0.162 e. The van der Waals surface area contributed by atoms with Gasteiger partial charge in [0.15, 0.2) is 5.82 Å². The lowest BCUT2D eigenvalue weighted by molar-refractivity contribution is 0.461. The Hall–Kier alpha value is -7.39. The third kappa shape index (κ3) is 5.86. The molecule has 0 saturated carbocycles. The van der Waals surface area contributed by atoms with Gasteiger partial charge in [-0.2, -0.15) is 0 Å². The van der Waals surface area contributed by atoms with Crippen LogP contribution in [0.15, 0.2) is 152 Å². The van der Waals surface area contributed by atoms with Crippen molar-refractivity contribution in [2.75, 3.05) is 0 Å². The van der Waals surface area contributed by atoms with Crippen LogP contribution in [-0.4, -0.2) is 34.1 Å². The molecule has 0 spiro atoms. The minimum atomic E-state index is 0.504. The predicted octanol–water partition coefficient (Wildman–Crippen LogP) is 11.2. The van der Waals surface area contributed by atoms with E-state index in [0.29, 0.717) is 28.8 Å². The molecule has 270 valence electrons. The second kappa shape index (κ2) is 13.8. The van der Waals surface area contributed by atoms with E-state index in [-0.39, 0.29) is 0 Å². The minimum Gasteiger partial charge on any atom is -0.457 e. The summed E-state index contributed by atoms with van der Waals surface area (Å²) in [5.74, 6) is 4.67. The van der Waals surface area contributed by atoms with Crippen molar-refractivity contribution in [1.29, 1.82) is 0 Å². The van der Waals surface area contributed by atoms with Gasteiger partial charge in [-0.1, -0.05) is 62.4 Å². The average molecular weight is 730 g/mol. The number of hydrogen-bond donors (Lipinski definition) is 0. The maximum atomic E-state index is 6.66. The zero-order valence-electron chi connectivity index (χ0n) is 30.8. The number of aryl methyl sites for hydroxylation is 2. The van der Waals surface area contributed by atoms with Crippen LogP contribution >= 0.6 is 0 Å². The van der Waals surface area contributed by atoms with Crippen LogP contribution < -0.4 is 9.47 Å². The van der Waals surface area contributed by atoms with Crippen molar-refractivity contribution in [1.82, 2.24) is 34.1 Å². The number of benzene rings is 5. The Morgan fingerprint density at radius 3 is 1.39 bits per heavy atom. The molecule has 56 heavy (non-hydrogen) atoms. The average Bonchev–Trinajstić information content (AvgIpc) is 3.76. The Labute approximate surface area is 322 Å². The number of ether oxygens (including phenoxy) is 2. The molecular formula is C47H35N7O2. The zero-order valence-corrected chi connectivity index (χ0v) is 30.8. The van der Waals surface area contributed by atoms with Crippen LogP contribution in [0, 0.1) is 0 Å². The first-order valence-corrected chi connectivity index (χ1v) is 18.7. The number of nitrogens with zero attached hydrogens (tertiary/aromatic N) is 7. The number of rotatable bonds is 9. The summed E-state index contributed by atoms with van der Waals surface area (Å²) in [5, 5.41) is 4.52. The van der Waals surface area contributed by atoms with Gasteiger partial charge in [0.1, 0.15) is 47.3 Å². The van der Waals surface area contributed by atoms with Gasteiger partial charge in [-0.05, 0) is 84.6 Å². The third-order valence-electron chi connectivity index (χ3n) is 10.3. The normalized spacial score (nSPS) is 11.5. The molecule has 0 aliphatic carbocycles. The van der Waals surface area contributed by atoms with Gasteiger partial charge in [-0.15, -0.1) is 0 Å². The monoisotopic (exact) mass is 729 g/mol. The van der Waals surface area contributed by atoms with E-state index in [4.69, 9.17) is 19.4 Å². The summed E-state index contributed by atoms with van der Waals surface area (Å²) in [6, 6.07) is 43.3. The Balaban J connectivity index is 1.06. The van der Waals surface area contributed by atoms with E-state index in [9.17, 15) is 0 Å². The molecule has 5 heterocycles. The molecule has 5 aromatic heterocycles. The first kappa shape index (κ1) is 33.2. The molecular weight excluding hydrogens is 695 g/mol. The molecule has 0 bridgehead atoms. The maximum absolute atomic E-state index is 6.66. The van der Waals surface area contributed by atoms with E-state index < -0.39 is 0 Å². The fraction of sp³-hybridized carbons (Fsp3) is 0.0851. The summed E-state index contributed by atoms with van der Waals surface area (Å²) in [7, 11) is 0. The summed E-state index contributed by atoms with van der Waals surface area (Å²) in [5.41, 5.74) is 7.25. The fourth-order valence-corrected chi connectivity index (χ4v) is 7.52. The van der Waals surface area contributed by atoms with E-state index >= 15 is 0 Å². The quantitative estimate of drug-likeness (QED) is 0.146. The molecule has 0 fully saturated rings. The molecule has 0 aliphatic heterocycles. The molecule has 0 atom stereocenters. The maximum Gasteiger partial charge on any atom is 0.162 e. The highest BCUT2D eigenvalue weighted by Gasteiger charge is 2.17. The van der Waals surface area contributed by atoms with Crippen LogP contribution in [0.2, 0.25) is 0 Å². The summed E-state index contributed by atoms with van der Waals surface area (Å²) in [4.78, 5) is 22.6. The summed E-state index contributed by atoms with van der Waals surface area (Å²) in [6.45, 7) is 4.27. The van der Waals surface area contributed by atoms with Gasteiger partial charge in [0, 0.05) is 57.7 Å². The van der Waals surface area contributed by atoms with Crippen molar-refractivity contribution < 1.29 is 9.47 Å². The van der Waals surface area contributed by atoms with Crippen LogP contribution in [0.5, 0.6) is 23.0 Å². The first-order chi connectivity index (χ1) is 27.6. The highest BCUT2D eigenvalue weighted by molar-refractivity contribution is 6.10. The van der Waals surface area contributed by atoms with E-state index in [1.54, 1.807) is 0 Å². The van der Waals surface area contributed by atoms with E-state index in [0.717, 1.165) is 73.7 Å². The highest BCUT2D eigenvalue weighted by atomic mass is 16.5. The van der Waals surface area contributed by atoms with Crippen LogP contribution in [0.3, 0.4) is 0 Å². The van der Waals surface area contributed by atoms with Crippen LogP contribution in [0.1, 0.15) is 25.0 Å². The van der Waals surface area contributed by atoms with Crippen molar-refractivity contribution >= 4 is 43.6 Å². The van der Waals surface area contributed by atoms with Gasteiger partial charge in [0.25, 0.3) is 0 Å². The van der Waals surface area contributed by atoms with Crippen LogP contribution in [-0.2, 0) is 12.8 Å². The zero-order chi connectivity index (χ0) is 37.6. The Kier molecular flexibility index (Phi) is 8.17. The Bertz CT molecular complexity index is 2860. The van der Waals surface area contributed by atoms with Crippen molar-refractivity contribution in [3.63, 3.8) is 0 Å². The first-order valence-electron chi connectivity index (χ1n) is 18.7. The fourth-order valence-electron chi connectivity index (χ4n) is 7.52. The predicted molar refractivity (Wildman–Crippen MR) is 221 cm³/mol. The van der Waals surface area contributed by atoms with Gasteiger partial charge in [0.05, 0.1) is 22.1 Å². The molecule has 0 N–H and O–H groups in total. The van der Waals surface area contributed by atoms with Gasteiger partial charge in [0.2, 0.25) is 0 Å². The molecule has 9 nitrogen and oxygen atoms in total. The Morgan fingerprint density at radius 2 is 0.929 bits per heavy atom.